The van der Waals surface area contributed by atoms with Gasteiger partial charge in [0, 0.05) is 30.2 Å². The zero-order valence-electron chi connectivity index (χ0n) is 14.6. The van der Waals surface area contributed by atoms with Gasteiger partial charge in [-0.1, -0.05) is 11.6 Å². The van der Waals surface area contributed by atoms with Crippen molar-refractivity contribution in [1.29, 1.82) is 0 Å². The molecule has 5 nitrogen and oxygen atoms in total. The van der Waals surface area contributed by atoms with Crippen molar-refractivity contribution in [3.05, 3.63) is 53.0 Å². The van der Waals surface area contributed by atoms with Crippen molar-refractivity contribution in [3.8, 4) is 0 Å². The molecule has 1 aromatic carbocycles. The third-order valence-corrected chi connectivity index (χ3v) is 5.66. The molecule has 146 valence electrons. The van der Waals surface area contributed by atoms with Gasteiger partial charge >= 0.3 is 0 Å². The van der Waals surface area contributed by atoms with E-state index in [1.807, 2.05) is 0 Å². The number of fused-ring (bicyclic) bond motifs is 1. The van der Waals surface area contributed by atoms with Crippen molar-refractivity contribution in [2.24, 2.45) is 0 Å². The molecule has 1 aliphatic rings. The molecular formula is C19H16ClF2N3O2S. The highest BCUT2D eigenvalue weighted by molar-refractivity contribution is 7.99. The lowest BCUT2D eigenvalue weighted by Crippen LogP contribution is -2.38. The molecule has 0 atom stereocenters. The van der Waals surface area contributed by atoms with E-state index < -0.39 is 5.76 Å². The monoisotopic (exact) mass is 423 g/mol. The van der Waals surface area contributed by atoms with Crippen LogP contribution >= 0.6 is 23.4 Å². The fourth-order valence-electron chi connectivity index (χ4n) is 3.32. The van der Waals surface area contributed by atoms with Crippen molar-refractivity contribution in [3.63, 3.8) is 0 Å². The van der Waals surface area contributed by atoms with E-state index in [2.05, 4.69) is 9.97 Å². The number of nitrogens with zero attached hydrogens (tertiary/aromatic N) is 3. The van der Waals surface area contributed by atoms with Gasteiger partial charge in [-0.3, -0.25) is 4.79 Å². The van der Waals surface area contributed by atoms with Crippen LogP contribution in [0.5, 0.6) is 0 Å². The average Bonchev–Trinajstić information content (AvgIpc) is 3.11. The van der Waals surface area contributed by atoms with Crippen LogP contribution in [0.2, 0.25) is 5.02 Å². The second-order valence-electron chi connectivity index (χ2n) is 6.47. The predicted molar refractivity (Wildman–Crippen MR) is 103 cm³/mol. The van der Waals surface area contributed by atoms with E-state index in [4.69, 9.17) is 16.0 Å². The van der Waals surface area contributed by atoms with Gasteiger partial charge in [0.1, 0.15) is 10.5 Å². The maximum atomic E-state index is 12.8. The maximum absolute atomic E-state index is 12.8. The first-order valence-corrected chi connectivity index (χ1v) is 10.0. The molecule has 4 rings (SSSR count). The van der Waals surface area contributed by atoms with Gasteiger partial charge in [0.25, 0.3) is 11.7 Å². The summed E-state index contributed by atoms with van der Waals surface area (Å²) in [7, 11) is 0. The zero-order chi connectivity index (χ0) is 19.7. The highest BCUT2D eigenvalue weighted by Crippen LogP contribution is 2.32. The van der Waals surface area contributed by atoms with Crippen molar-refractivity contribution >= 4 is 40.4 Å². The largest absolute Gasteiger partial charge is 0.440 e. The first-order valence-electron chi connectivity index (χ1n) is 8.76. The maximum Gasteiger partial charge on any atom is 0.290 e. The lowest BCUT2D eigenvalue weighted by atomic mass is 9.96. The third kappa shape index (κ3) is 3.98. The Balaban J connectivity index is 1.46. The molecule has 28 heavy (non-hydrogen) atoms. The highest BCUT2D eigenvalue weighted by atomic mass is 35.5. The Kier molecular flexibility index (Phi) is 5.50. The quantitative estimate of drug-likeness (QED) is 0.539. The minimum absolute atomic E-state index is 0.0560. The number of rotatable bonds is 4. The number of carbonyl (C=O) groups excluding carboxylic acids is 1. The number of alkyl halides is 2. The lowest BCUT2D eigenvalue weighted by molar-refractivity contribution is 0.0702. The Labute approximate surface area is 169 Å². The standard InChI is InChI=1S/C19H16ClF2N3O2S/c20-12-3-4-15-14(10-12)24-16(27-15)11-5-8-25(9-6-11)18(26)13-2-1-7-23-17(13)28-19(21)22/h1-4,7,10-11,19H,5-6,8-9H2. The molecule has 1 fully saturated rings. The summed E-state index contributed by atoms with van der Waals surface area (Å²) in [4.78, 5) is 22.9. The van der Waals surface area contributed by atoms with Gasteiger partial charge in [0.05, 0.1) is 5.56 Å². The molecule has 0 N–H and O–H groups in total. The second-order valence-corrected chi connectivity index (χ2v) is 7.88. The molecular weight excluding hydrogens is 408 g/mol. The lowest BCUT2D eigenvalue weighted by Gasteiger charge is -2.31. The van der Waals surface area contributed by atoms with Gasteiger partial charge in [0.2, 0.25) is 0 Å². The summed E-state index contributed by atoms with van der Waals surface area (Å²) in [6, 6.07) is 8.42. The van der Waals surface area contributed by atoms with Crippen molar-refractivity contribution in [2.45, 2.75) is 29.5 Å². The molecule has 1 aliphatic heterocycles. The molecule has 3 aromatic rings. The molecule has 3 heterocycles. The molecule has 0 saturated carbocycles. The number of benzene rings is 1. The molecule has 1 amide bonds. The van der Waals surface area contributed by atoms with Crippen LogP contribution in [0, 0.1) is 0 Å². The first kappa shape index (κ1) is 19.1. The molecule has 0 spiro atoms. The van der Waals surface area contributed by atoms with Crippen molar-refractivity contribution in [1.82, 2.24) is 14.9 Å². The van der Waals surface area contributed by atoms with E-state index in [0.717, 1.165) is 0 Å². The summed E-state index contributed by atoms with van der Waals surface area (Å²) < 4.78 is 31.3. The number of aromatic nitrogens is 2. The van der Waals surface area contributed by atoms with Crippen LogP contribution in [-0.4, -0.2) is 39.6 Å². The minimum Gasteiger partial charge on any atom is -0.440 e. The highest BCUT2D eigenvalue weighted by Gasteiger charge is 2.29. The second kappa shape index (κ2) is 8.05. The SMILES string of the molecule is O=C(c1cccnc1SC(F)F)N1CCC(c2nc3cc(Cl)ccc3o2)CC1. The number of oxazole rings is 1. The van der Waals surface area contributed by atoms with Crippen LogP contribution < -0.4 is 0 Å². The number of amides is 1. The van der Waals surface area contributed by atoms with Gasteiger partial charge in [-0.05, 0) is 54.9 Å². The molecule has 0 radical (unpaired) electrons. The average molecular weight is 424 g/mol. The Morgan fingerprint density at radius 2 is 2.07 bits per heavy atom. The first-order chi connectivity index (χ1) is 13.5. The van der Waals surface area contributed by atoms with Crippen molar-refractivity contribution < 1.29 is 18.0 Å². The summed E-state index contributed by atoms with van der Waals surface area (Å²) in [5, 5.41) is 0.655. The minimum atomic E-state index is -2.63. The van der Waals surface area contributed by atoms with E-state index in [1.165, 1.54) is 12.3 Å². The Morgan fingerprint density at radius 1 is 1.29 bits per heavy atom. The summed E-state index contributed by atoms with van der Waals surface area (Å²) in [6.45, 7) is 0.993. The fraction of sp³-hybridized carbons (Fsp3) is 0.316. The van der Waals surface area contributed by atoms with Gasteiger partial charge < -0.3 is 9.32 Å². The summed E-state index contributed by atoms with van der Waals surface area (Å²) >= 11 is 6.28. The number of likely N-dealkylation sites (tertiary alicyclic amines) is 1. The predicted octanol–water partition coefficient (Wildman–Crippen LogP) is 5.21. The van der Waals surface area contributed by atoms with Crippen LogP contribution in [0.3, 0.4) is 0 Å². The van der Waals surface area contributed by atoms with Crippen molar-refractivity contribution in [2.75, 3.05) is 13.1 Å². The molecule has 2 aromatic heterocycles. The molecule has 0 unspecified atom stereocenters. The fourth-order valence-corrected chi connectivity index (χ4v) is 4.06. The van der Waals surface area contributed by atoms with E-state index in [1.54, 1.807) is 29.2 Å². The van der Waals surface area contributed by atoms with Gasteiger partial charge in [-0.15, -0.1) is 0 Å². The van der Waals surface area contributed by atoms with Crippen LogP contribution in [-0.2, 0) is 0 Å². The Hall–Kier alpha value is -2.19. The topological polar surface area (TPSA) is 59.2 Å². The number of pyridine rings is 1. The summed E-state index contributed by atoms with van der Waals surface area (Å²) in [5.74, 6) is -2.17. The van der Waals surface area contributed by atoms with E-state index >= 15 is 0 Å². The third-order valence-electron chi connectivity index (χ3n) is 4.70. The van der Waals surface area contributed by atoms with Gasteiger partial charge in [-0.2, -0.15) is 8.78 Å². The number of hydrogen-bond donors (Lipinski definition) is 0. The molecule has 0 aliphatic carbocycles. The van der Waals surface area contributed by atoms with E-state index in [0.29, 0.717) is 59.7 Å². The zero-order valence-corrected chi connectivity index (χ0v) is 16.2. The van der Waals surface area contributed by atoms with Crippen LogP contribution in [0.25, 0.3) is 11.1 Å². The number of hydrogen-bond acceptors (Lipinski definition) is 5. The number of carbonyl (C=O) groups is 1. The number of halogens is 3. The Bertz CT molecular complexity index is 1010. The van der Waals surface area contributed by atoms with E-state index in [-0.39, 0.29) is 22.4 Å². The van der Waals surface area contributed by atoms with Crippen LogP contribution in [0.15, 0.2) is 46.0 Å². The number of thioether (sulfide) groups is 1. The molecule has 1 saturated heterocycles. The molecule has 0 bridgehead atoms. The van der Waals surface area contributed by atoms with Gasteiger partial charge in [-0.25, -0.2) is 9.97 Å². The molecule has 9 heteroatoms. The normalized spacial score (nSPS) is 15.5. The smallest absolute Gasteiger partial charge is 0.290 e. The van der Waals surface area contributed by atoms with E-state index in [9.17, 15) is 13.6 Å². The summed E-state index contributed by atoms with van der Waals surface area (Å²) in [6.07, 6.45) is 2.78. The van der Waals surface area contributed by atoms with Crippen LogP contribution in [0.4, 0.5) is 8.78 Å². The van der Waals surface area contributed by atoms with Crippen LogP contribution in [0.1, 0.15) is 35.0 Å². The Morgan fingerprint density at radius 3 is 2.82 bits per heavy atom. The number of piperidine rings is 1. The van der Waals surface area contributed by atoms with Gasteiger partial charge in [0.15, 0.2) is 11.5 Å². The summed E-state index contributed by atoms with van der Waals surface area (Å²) in [5.41, 5.74) is 1.61.